The standard InChI is InChI=1S/C13H17N3O4/c1-9(15-13(20)11(14)7-12(18)19)16(8-17)10-5-3-2-4-6-10/h2-6,8-9,11H,7,14H2,1H3,(H,15,20)(H,18,19). The van der Waals surface area contributed by atoms with Crippen molar-refractivity contribution in [3.05, 3.63) is 30.3 Å². The number of nitrogens with two attached hydrogens (primary N) is 1. The minimum atomic E-state index is -1.16. The number of carboxylic acid groups (broad SMARTS) is 1. The molecule has 2 amide bonds. The molecule has 108 valence electrons. The van der Waals surface area contributed by atoms with Crippen LogP contribution in [0.5, 0.6) is 0 Å². The van der Waals surface area contributed by atoms with E-state index >= 15 is 0 Å². The summed E-state index contributed by atoms with van der Waals surface area (Å²) in [4.78, 5) is 34.6. The second-order valence-electron chi connectivity index (χ2n) is 4.24. The molecule has 0 saturated carbocycles. The van der Waals surface area contributed by atoms with Crippen LogP contribution in [0.3, 0.4) is 0 Å². The molecular formula is C13H17N3O4. The third kappa shape index (κ3) is 4.36. The predicted molar refractivity (Wildman–Crippen MR) is 72.8 cm³/mol. The summed E-state index contributed by atoms with van der Waals surface area (Å²) < 4.78 is 0. The molecule has 7 heteroatoms. The third-order valence-electron chi connectivity index (χ3n) is 2.67. The zero-order valence-corrected chi connectivity index (χ0v) is 11.0. The molecule has 4 N–H and O–H groups in total. The van der Waals surface area contributed by atoms with Crippen LogP contribution in [0, 0.1) is 0 Å². The summed E-state index contributed by atoms with van der Waals surface area (Å²) in [5.41, 5.74) is 6.06. The fourth-order valence-electron chi connectivity index (χ4n) is 1.64. The number of nitrogens with one attached hydrogen (secondary N) is 1. The number of hydrogen-bond donors (Lipinski definition) is 3. The molecule has 2 atom stereocenters. The Bertz CT molecular complexity index is 478. The maximum absolute atomic E-state index is 11.7. The molecular weight excluding hydrogens is 262 g/mol. The highest BCUT2D eigenvalue weighted by atomic mass is 16.4. The molecule has 0 spiro atoms. The van der Waals surface area contributed by atoms with Gasteiger partial charge in [-0.3, -0.25) is 19.3 Å². The monoisotopic (exact) mass is 279 g/mol. The third-order valence-corrected chi connectivity index (χ3v) is 2.67. The summed E-state index contributed by atoms with van der Waals surface area (Å²) in [6, 6.07) is 7.60. The second kappa shape index (κ2) is 7.25. The summed E-state index contributed by atoms with van der Waals surface area (Å²) >= 11 is 0. The molecule has 20 heavy (non-hydrogen) atoms. The molecule has 1 rings (SSSR count). The molecule has 1 aromatic carbocycles. The lowest BCUT2D eigenvalue weighted by atomic mass is 10.2. The Morgan fingerprint density at radius 1 is 1.40 bits per heavy atom. The van der Waals surface area contributed by atoms with Crippen LogP contribution in [0.25, 0.3) is 0 Å². The second-order valence-corrected chi connectivity index (χ2v) is 4.24. The first-order chi connectivity index (χ1) is 9.45. The van der Waals surface area contributed by atoms with Crippen molar-refractivity contribution < 1.29 is 19.5 Å². The molecule has 0 aliphatic carbocycles. The topological polar surface area (TPSA) is 113 Å². The van der Waals surface area contributed by atoms with Crippen LogP contribution in [0.1, 0.15) is 13.3 Å². The summed E-state index contributed by atoms with van der Waals surface area (Å²) in [7, 11) is 0. The maximum Gasteiger partial charge on any atom is 0.305 e. The van der Waals surface area contributed by atoms with Gasteiger partial charge in [0.2, 0.25) is 12.3 Å². The van der Waals surface area contributed by atoms with E-state index in [-0.39, 0.29) is 0 Å². The van der Waals surface area contributed by atoms with Gasteiger partial charge >= 0.3 is 5.97 Å². The number of anilines is 1. The van der Waals surface area contributed by atoms with Gasteiger partial charge in [0.05, 0.1) is 12.5 Å². The Morgan fingerprint density at radius 3 is 2.50 bits per heavy atom. The molecule has 1 aromatic rings. The number of nitrogens with zero attached hydrogens (tertiary/aromatic N) is 1. The lowest BCUT2D eigenvalue weighted by Crippen LogP contribution is -2.51. The molecule has 0 aliphatic rings. The van der Waals surface area contributed by atoms with Crippen molar-refractivity contribution in [3.63, 3.8) is 0 Å². The minimum absolute atomic E-state index is 0.467. The Morgan fingerprint density at radius 2 is 2.00 bits per heavy atom. The number of carboxylic acids is 1. The van der Waals surface area contributed by atoms with E-state index in [0.717, 1.165) is 0 Å². The number of rotatable bonds is 7. The molecule has 0 fully saturated rings. The van der Waals surface area contributed by atoms with Crippen LogP contribution in [0.4, 0.5) is 5.69 Å². The highest BCUT2D eigenvalue weighted by Gasteiger charge is 2.21. The van der Waals surface area contributed by atoms with Crippen molar-refractivity contribution in [1.29, 1.82) is 0 Å². The van der Waals surface area contributed by atoms with Crippen LogP contribution in [-0.4, -0.2) is 35.6 Å². The molecule has 2 unspecified atom stereocenters. The largest absolute Gasteiger partial charge is 0.481 e. The molecule has 0 aliphatic heterocycles. The Kier molecular flexibility index (Phi) is 5.67. The quantitative estimate of drug-likeness (QED) is 0.477. The van der Waals surface area contributed by atoms with E-state index in [1.54, 1.807) is 37.3 Å². The normalized spacial score (nSPS) is 13.1. The van der Waals surface area contributed by atoms with E-state index in [4.69, 9.17) is 10.8 Å². The van der Waals surface area contributed by atoms with Gasteiger partial charge in [0, 0.05) is 5.69 Å². The number of carbonyl (C=O) groups is 3. The van der Waals surface area contributed by atoms with E-state index < -0.39 is 30.5 Å². The molecule has 0 heterocycles. The van der Waals surface area contributed by atoms with Crippen molar-refractivity contribution in [2.75, 3.05) is 4.90 Å². The van der Waals surface area contributed by atoms with Gasteiger partial charge in [0.1, 0.15) is 6.17 Å². The fourth-order valence-corrected chi connectivity index (χ4v) is 1.64. The Labute approximate surface area is 116 Å². The lowest BCUT2D eigenvalue weighted by molar-refractivity contribution is -0.139. The minimum Gasteiger partial charge on any atom is -0.481 e. The SMILES string of the molecule is CC(NC(=O)C(N)CC(=O)O)N(C=O)c1ccccc1. The van der Waals surface area contributed by atoms with E-state index in [0.29, 0.717) is 12.1 Å². The van der Waals surface area contributed by atoms with E-state index in [1.807, 2.05) is 0 Å². The number of amides is 2. The lowest BCUT2D eigenvalue weighted by Gasteiger charge is -2.26. The number of para-hydroxylation sites is 1. The maximum atomic E-state index is 11.7. The van der Waals surface area contributed by atoms with E-state index in [9.17, 15) is 14.4 Å². The van der Waals surface area contributed by atoms with Crippen LogP contribution >= 0.6 is 0 Å². The summed E-state index contributed by atoms with van der Waals surface area (Å²) in [6.45, 7) is 1.60. The van der Waals surface area contributed by atoms with Crippen LogP contribution in [0.15, 0.2) is 30.3 Å². The van der Waals surface area contributed by atoms with Gasteiger partial charge in [-0.2, -0.15) is 0 Å². The highest BCUT2D eigenvalue weighted by Crippen LogP contribution is 2.13. The van der Waals surface area contributed by atoms with Crippen LogP contribution in [-0.2, 0) is 14.4 Å². The number of aliphatic carboxylic acids is 1. The van der Waals surface area contributed by atoms with Crippen molar-refractivity contribution >= 4 is 24.0 Å². The Balaban J connectivity index is 2.69. The zero-order valence-electron chi connectivity index (χ0n) is 11.0. The van der Waals surface area contributed by atoms with Gasteiger partial charge in [-0.1, -0.05) is 18.2 Å². The summed E-state index contributed by atoms with van der Waals surface area (Å²) in [5.74, 6) is -1.78. The molecule has 0 aromatic heterocycles. The smallest absolute Gasteiger partial charge is 0.305 e. The van der Waals surface area contributed by atoms with Crippen LogP contribution in [0.2, 0.25) is 0 Å². The van der Waals surface area contributed by atoms with Gasteiger partial charge in [-0.05, 0) is 19.1 Å². The van der Waals surface area contributed by atoms with Crippen molar-refractivity contribution in [1.82, 2.24) is 5.32 Å². The van der Waals surface area contributed by atoms with Crippen molar-refractivity contribution in [3.8, 4) is 0 Å². The van der Waals surface area contributed by atoms with Gasteiger partial charge in [-0.25, -0.2) is 0 Å². The van der Waals surface area contributed by atoms with Crippen LogP contribution < -0.4 is 16.0 Å². The first-order valence-corrected chi connectivity index (χ1v) is 6.02. The molecule has 0 radical (unpaired) electrons. The number of carbonyl (C=O) groups excluding carboxylic acids is 2. The summed E-state index contributed by atoms with van der Waals surface area (Å²) in [5, 5.41) is 11.1. The van der Waals surface area contributed by atoms with Gasteiger partial charge < -0.3 is 16.2 Å². The summed E-state index contributed by atoms with van der Waals surface area (Å²) in [6.07, 6.45) is -0.518. The Hall–Kier alpha value is -2.41. The fraction of sp³-hybridized carbons (Fsp3) is 0.308. The van der Waals surface area contributed by atoms with Gasteiger partial charge in [-0.15, -0.1) is 0 Å². The average molecular weight is 279 g/mol. The number of benzene rings is 1. The highest BCUT2D eigenvalue weighted by molar-refractivity contribution is 5.87. The first-order valence-electron chi connectivity index (χ1n) is 6.02. The van der Waals surface area contributed by atoms with E-state index in [1.165, 1.54) is 4.90 Å². The van der Waals surface area contributed by atoms with Gasteiger partial charge in [0.15, 0.2) is 0 Å². The molecule has 0 saturated heterocycles. The first kappa shape index (κ1) is 15.6. The average Bonchev–Trinajstić information content (AvgIpc) is 2.39. The molecule has 0 bridgehead atoms. The zero-order chi connectivity index (χ0) is 15.1. The van der Waals surface area contributed by atoms with E-state index in [2.05, 4.69) is 5.32 Å². The molecule has 7 nitrogen and oxygen atoms in total. The number of hydrogen-bond acceptors (Lipinski definition) is 4. The van der Waals surface area contributed by atoms with Crippen molar-refractivity contribution in [2.24, 2.45) is 5.73 Å². The predicted octanol–water partition coefficient (Wildman–Crippen LogP) is -0.0864. The van der Waals surface area contributed by atoms with Gasteiger partial charge in [0.25, 0.3) is 0 Å². The van der Waals surface area contributed by atoms with Crippen molar-refractivity contribution in [2.45, 2.75) is 25.6 Å².